The number of hydrogen-bond acceptors (Lipinski definition) is 3. The third kappa shape index (κ3) is 5.06. The normalized spacial score (nSPS) is 15.9. The molecule has 6 heteroatoms. The molecule has 0 saturated carbocycles. The van der Waals surface area contributed by atoms with Gasteiger partial charge in [0.1, 0.15) is 0 Å². The summed E-state index contributed by atoms with van der Waals surface area (Å²) in [6.45, 7) is 1.94. The van der Waals surface area contributed by atoms with Gasteiger partial charge < -0.3 is 10.6 Å². The number of hydrogen-bond donors (Lipinski definition) is 2. The lowest BCUT2D eigenvalue weighted by molar-refractivity contribution is -0.00873. The first kappa shape index (κ1) is 15.8. The topological polar surface area (TPSA) is 67.6 Å². The van der Waals surface area contributed by atoms with Gasteiger partial charge in [0, 0.05) is 19.1 Å². The second kappa shape index (κ2) is 7.99. The van der Waals surface area contributed by atoms with Gasteiger partial charge in [-0.2, -0.15) is 5.48 Å². The van der Waals surface area contributed by atoms with Gasteiger partial charge in [-0.15, -0.1) is 12.4 Å². The number of likely N-dealkylation sites (tertiary alicyclic amines) is 1. The molecule has 5 nitrogen and oxygen atoms in total. The molecule has 1 saturated heterocycles. The molecule has 0 radical (unpaired) electrons. The minimum absolute atomic E-state index is 0. The Kier molecular flexibility index (Phi) is 6.62. The van der Waals surface area contributed by atoms with Crippen molar-refractivity contribution in [3.63, 3.8) is 0 Å². The van der Waals surface area contributed by atoms with Gasteiger partial charge in [-0.1, -0.05) is 30.3 Å². The van der Waals surface area contributed by atoms with Crippen LogP contribution in [0.3, 0.4) is 0 Å². The molecule has 2 rings (SSSR count). The number of carbonyl (C=O) groups is 1. The van der Waals surface area contributed by atoms with Crippen molar-refractivity contribution in [3.05, 3.63) is 35.9 Å². The zero-order valence-corrected chi connectivity index (χ0v) is 11.6. The van der Waals surface area contributed by atoms with Crippen molar-refractivity contribution < 1.29 is 9.63 Å². The van der Waals surface area contributed by atoms with Crippen molar-refractivity contribution in [1.29, 1.82) is 0 Å². The molecule has 0 spiro atoms. The van der Waals surface area contributed by atoms with Gasteiger partial charge in [0.05, 0.1) is 6.61 Å². The minimum atomic E-state index is -0.335. The van der Waals surface area contributed by atoms with E-state index in [0.29, 0.717) is 25.7 Å². The van der Waals surface area contributed by atoms with Crippen molar-refractivity contribution in [2.45, 2.75) is 25.5 Å². The van der Waals surface area contributed by atoms with E-state index in [1.807, 2.05) is 30.3 Å². The summed E-state index contributed by atoms with van der Waals surface area (Å²) < 4.78 is 0. The number of urea groups is 1. The van der Waals surface area contributed by atoms with Crippen molar-refractivity contribution in [3.8, 4) is 0 Å². The van der Waals surface area contributed by atoms with Crippen LogP contribution in [0.4, 0.5) is 4.79 Å². The van der Waals surface area contributed by atoms with E-state index in [2.05, 4.69) is 5.48 Å². The highest BCUT2D eigenvalue weighted by Gasteiger charge is 2.20. The zero-order chi connectivity index (χ0) is 12.8. The lowest BCUT2D eigenvalue weighted by Gasteiger charge is -2.30. The van der Waals surface area contributed by atoms with E-state index < -0.39 is 0 Å². The molecule has 0 atom stereocenters. The van der Waals surface area contributed by atoms with Gasteiger partial charge in [-0.05, 0) is 18.4 Å². The molecule has 3 N–H and O–H groups in total. The number of benzene rings is 1. The lowest BCUT2D eigenvalue weighted by Crippen LogP contribution is -2.46. The number of rotatable bonds is 4. The maximum Gasteiger partial charge on any atom is 0.314 e. The summed E-state index contributed by atoms with van der Waals surface area (Å²) >= 11 is 0. The van der Waals surface area contributed by atoms with E-state index in [1.54, 1.807) is 4.90 Å². The summed E-state index contributed by atoms with van der Waals surface area (Å²) in [5, 5.41) is 0. The number of hydroxylamine groups is 1. The third-order valence-corrected chi connectivity index (χ3v) is 3.14. The quantitative estimate of drug-likeness (QED) is 0.827. The fourth-order valence-electron chi connectivity index (χ4n) is 2.03. The van der Waals surface area contributed by atoms with Crippen molar-refractivity contribution in [1.82, 2.24) is 10.4 Å². The second-order valence-electron chi connectivity index (χ2n) is 4.49. The predicted molar refractivity (Wildman–Crippen MR) is 75.8 cm³/mol. The summed E-state index contributed by atoms with van der Waals surface area (Å²) in [5.41, 5.74) is 9.41. The fraction of sp³-hybridized carbons (Fsp3) is 0.462. The highest BCUT2D eigenvalue weighted by atomic mass is 35.5. The van der Waals surface area contributed by atoms with Gasteiger partial charge in [0.15, 0.2) is 0 Å². The van der Waals surface area contributed by atoms with Gasteiger partial charge in [-0.3, -0.25) is 4.84 Å². The number of amides is 2. The standard InChI is InChI=1S/C13H19N3O2.ClH/c14-13(17)16-8-6-12(7-9-16)15-18-10-11-4-2-1-3-5-11;/h1-5,12,15H,6-10H2,(H2,14,17);1H. The second-order valence-corrected chi connectivity index (χ2v) is 4.49. The number of nitrogens with two attached hydrogens (primary N) is 1. The molecule has 1 heterocycles. The Balaban J connectivity index is 0.00000180. The van der Waals surface area contributed by atoms with Crippen molar-refractivity contribution in [2.24, 2.45) is 5.73 Å². The molecule has 1 aliphatic heterocycles. The summed E-state index contributed by atoms with van der Waals surface area (Å²) in [5.74, 6) is 0. The van der Waals surface area contributed by atoms with Crippen LogP contribution in [0.5, 0.6) is 0 Å². The maximum atomic E-state index is 11.0. The molecular formula is C13H20ClN3O2. The highest BCUT2D eigenvalue weighted by Crippen LogP contribution is 2.10. The number of nitrogens with one attached hydrogen (secondary N) is 1. The number of nitrogens with zero attached hydrogens (tertiary/aromatic N) is 1. The Morgan fingerprint density at radius 2 is 1.95 bits per heavy atom. The SMILES string of the molecule is Cl.NC(=O)N1CCC(NOCc2ccccc2)CC1. The first-order valence-corrected chi connectivity index (χ1v) is 6.21. The Hall–Kier alpha value is -1.30. The molecule has 1 aromatic rings. The number of piperidine rings is 1. The van der Waals surface area contributed by atoms with Crippen molar-refractivity contribution >= 4 is 18.4 Å². The Morgan fingerprint density at radius 3 is 2.53 bits per heavy atom. The van der Waals surface area contributed by atoms with Gasteiger partial charge >= 0.3 is 6.03 Å². The van der Waals surface area contributed by atoms with Crippen LogP contribution >= 0.6 is 12.4 Å². The molecule has 1 fully saturated rings. The van der Waals surface area contributed by atoms with E-state index in [-0.39, 0.29) is 18.4 Å². The van der Waals surface area contributed by atoms with Gasteiger partial charge in [-0.25, -0.2) is 4.79 Å². The Bertz CT molecular complexity index is 381. The summed E-state index contributed by atoms with van der Waals surface area (Å²) in [6.07, 6.45) is 1.75. The largest absolute Gasteiger partial charge is 0.351 e. The Labute approximate surface area is 119 Å². The van der Waals surface area contributed by atoms with Crippen LogP contribution < -0.4 is 11.2 Å². The molecule has 0 aromatic heterocycles. The fourth-order valence-corrected chi connectivity index (χ4v) is 2.03. The molecule has 19 heavy (non-hydrogen) atoms. The predicted octanol–water partition coefficient (Wildman–Crippen LogP) is 1.67. The minimum Gasteiger partial charge on any atom is -0.351 e. The molecular weight excluding hydrogens is 266 g/mol. The van der Waals surface area contributed by atoms with Crippen molar-refractivity contribution in [2.75, 3.05) is 13.1 Å². The van der Waals surface area contributed by atoms with E-state index >= 15 is 0 Å². The summed E-state index contributed by atoms with van der Waals surface area (Å²) in [4.78, 5) is 18.1. The van der Waals surface area contributed by atoms with Crippen LogP contribution in [0, 0.1) is 0 Å². The summed E-state index contributed by atoms with van der Waals surface area (Å²) in [7, 11) is 0. The smallest absolute Gasteiger partial charge is 0.314 e. The van der Waals surface area contributed by atoms with Crippen LogP contribution in [0.1, 0.15) is 18.4 Å². The maximum absolute atomic E-state index is 11.0. The molecule has 106 valence electrons. The third-order valence-electron chi connectivity index (χ3n) is 3.14. The van der Waals surface area contributed by atoms with Crippen LogP contribution in [0.2, 0.25) is 0 Å². The molecule has 1 aromatic carbocycles. The van der Waals surface area contributed by atoms with E-state index in [4.69, 9.17) is 10.6 Å². The van der Waals surface area contributed by atoms with Crippen LogP contribution in [-0.2, 0) is 11.4 Å². The number of halogens is 1. The number of carbonyl (C=O) groups excluding carboxylic acids is 1. The monoisotopic (exact) mass is 285 g/mol. The molecule has 2 amide bonds. The zero-order valence-electron chi connectivity index (χ0n) is 10.7. The van der Waals surface area contributed by atoms with Gasteiger partial charge in [0.2, 0.25) is 0 Å². The van der Waals surface area contributed by atoms with Crippen LogP contribution in [-0.4, -0.2) is 30.1 Å². The number of primary amides is 1. The van der Waals surface area contributed by atoms with Crippen LogP contribution in [0.25, 0.3) is 0 Å². The average Bonchev–Trinajstić information content (AvgIpc) is 2.40. The van der Waals surface area contributed by atoms with E-state index in [9.17, 15) is 4.79 Å². The van der Waals surface area contributed by atoms with Crippen LogP contribution in [0.15, 0.2) is 30.3 Å². The average molecular weight is 286 g/mol. The van der Waals surface area contributed by atoms with E-state index in [0.717, 1.165) is 18.4 Å². The molecule has 0 unspecified atom stereocenters. The first-order chi connectivity index (χ1) is 8.75. The lowest BCUT2D eigenvalue weighted by atomic mass is 10.1. The summed E-state index contributed by atoms with van der Waals surface area (Å²) in [6, 6.07) is 9.97. The highest BCUT2D eigenvalue weighted by molar-refractivity contribution is 5.85. The Morgan fingerprint density at radius 1 is 1.32 bits per heavy atom. The molecule has 0 aliphatic carbocycles. The first-order valence-electron chi connectivity index (χ1n) is 6.21. The van der Waals surface area contributed by atoms with Gasteiger partial charge in [0.25, 0.3) is 0 Å². The molecule has 0 bridgehead atoms. The van der Waals surface area contributed by atoms with E-state index in [1.165, 1.54) is 0 Å². The molecule has 1 aliphatic rings.